The maximum atomic E-state index is 13.6. The molecule has 0 aromatic heterocycles. The maximum Gasteiger partial charge on any atom is 0.265 e. The molecule has 3 aromatic carbocycles. The van der Waals surface area contributed by atoms with E-state index in [-0.39, 0.29) is 36.4 Å². The molecule has 4 rings (SSSR count). The van der Waals surface area contributed by atoms with Crippen LogP contribution in [0.15, 0.2) is 84.9 Å². The van der Waals surface area contributed by atoms with Crippen molar-refractivity contribution in [1.82, 2.24) is 0 Å². The normalized spacial score (nSPS) is 18.0. The van der Waals surface area contributed by atoms with Crippen molar-refractivity contribution in [2.45, 2.75) is 45.7 Å². The fourth-order valence-electron chi connectivity index (χ4n) is 4.59. The Labute approximate surface area is 202 Å². The molecule has 0 radical (unpaired) electrons. The second-order valence-electron chi connectivity index (χ2n) is 8.88. The van der Waals surface area contributed by atoms with Gasteiger partial charge in [-0.3, -0.25) is 9.59 Å². The molecule has 0 saturated carbocycles. The maximum absolute atomic E-state index is 13.6. The average molecular weight is 457 g/mol. The van der Waals surface area contributed by atoms with Crippen LogP contribution < -0.4 is 14.5 Å². The number of benzene rings is 3. The topological polar surface area (TPSA) is 49.9 Å². The Morgan fingerprint density at radius 2 is 1.59 bits per heavy atom. The molecule has 1 aliphatic rings. The lowest BCUT2D eigenvalue weighted by Gasteiger charge is -2.44. The van der Waals surface area contributed by atoms with Crippen molar-refractivity contribution >= 4 is 23.2 Å². The van der Waals surface area contributed by atoms with E-state index >= 15 is 0 Å². The van der Waals surface area contributed by atoms with E-state index in [1.54, 1.807) is 0 Å². The van der Waals surface area contributed by atoms with Gasteiger partial charge >= 0.3 is 0 Å². The summed E-state index contributed by atoms with van der Waals surface area (Å²) in [6, 6.07) is 26.8. The van der Waals surface area contributed by atoms with Crippen LogP contribution in [-0.4, -0.2) is 24.5 Å². The zero-order chi connectivity index (χ0) is 24.1. The Bertz CT molecular complexity index is 1120. The van der Waals surface area contributed by atoms with E-state index in [9.17, 15) is 9.59 Å². The Morgan fingerprint density at radius 1 is 0.971 bits per heavy atom. The third-order valence-electron chi connectivity index (χ3n) is 6.55. The highest BCUT2D eigenvalue weighted by molar-refractivity contribution is 5.99. The third-order valence-corrected chi connectivity index (χ3v) is 6.55. The van der Waals surface area contributed by atoms with Crippen molar-refractivity contribution in [3.63, 3.8) is 0 Å². The van der Waals surface area contributed by atoms with Gasteiger partial charge in [-0.25, -0.2) is 0 Å². The van der Waals surface area contributed by atoms with Gasteiger partial charge in [0, 0.05) is 23.3 Å². The summed E-state index contributed by atoms with van der Waals surface area (Å²) in [6.45, 7) is 6.01. The molecule has 5 nitrogen and oxygen atoms in total. The van der Waals surface area contributed by atoms with Gasteiger partial charge in [-0.05, 0) is 55.7 Å². The quantitative estimate of drug-likeness (QED) is 0.437. The number of carbonyl (C=O) groups excluding carboxylic acids is 2. The van der Waals surface area contributed by atoms with Crippen LogP contribution in [0.1, 0.15) is 45.2 Å². The number of carbonyl (C=O) groups is 2. The molecule has 2 amide bonds. The lowest BCUT2D eigenvalue weighted by Crippen LogP contribution is -2.49. The van der Waals surface area contributed by atoms with Crippen LogP contribution in [0.3, 0.4) is 0 Å². The first kappa shape index (κ1) is 23.6. The van der Waals surface area contributed by atoms with E-state index in [1.807, 2.05) is 109 Å². The van der Waals surface area contributed by atoms with Gasteiger partial charge in [-0.15, -0.1) is 0 Å². The lowest BCUT2D eigenvalue weighted by molar-refractivity contribution is -0.122. The van der Waals surface area contributed by atoms with Gasteiger partial charge in [-0.1, -0.05) is 68.4 Å². The molecule has 176 valence electrons. The Balaban J connectivity index is 1.71. The van der Waals surface area contributed by atoms with Crippen LogP contribution in [0.5, 0.6) is 5.75 Å². The number of nitrogens with zero attached hydrogens (tertiary/aromatic N) is 2. The lowest BCUT2D eigenvalue weighted by atomic mass is 9.88. The van der Waals surface area contributed by atoms with E-state index in [4.69, 9.17) is 4.74 Å². The number of amides is 2. The average Bonchev–Trinajstić information content (AvgIpc) is 2.88. The van der Waals surface area contributed by atoms with Gasteiger partial charge in [0.25, 0.3) is 5.91 Å². The minimum absolute atomic E-state index is 0.0459. The van der Waals surface area contributed by atoms with Gasteiger partial charge in [0.05, 0.1) is 6.04 Å². The highest BCUT2D eigenvalue weighted by Gasteiger charge is 2.39. The van der Waals surface area contributed by atoms with Crippen LogP contribution in [0.2, 0.25) is 0 Å². The molecule has 3 atom stereocenters. The number of anilines is 2. The molecule has 1 aliphatic heterocycles. The summed E-state index contributed by atoms with van der Waals surface area (Å²) in [5.74, 6) is 0.611. The number of rotatable bonds is 7. The Kier molecular flexibility index (Phi) is 7.31. The summed E-state index contributed by atoms with van der Waals surface area (Å²) < 4.78 is 5.83. The van der Waals surface area contributed by atoms with E-state index in [2.05, 4.69) is 6.92 Å². The molecule has 0 unspecified atom stereocenters. The van der Waals surface area contributed by atoms with Crippen molar-refractivity contribution in [2.24, 2.45) is 5.92 Å². The highest BCUT2D eigenvalue weighted by atomic mass is 16.5. The third kappa shape index (κ3) is 4.84. The molecular formula is C29H32N2O3. The Hall–Kier alpha value is -3.60. The largest absolute Gasteiger partial charge is 0.484 e. The van der Waals surface area contributed by atoms with Gasteiger partial charge < -0.3 is 14.5 Å². The summed E-state index contributed by atoms with van der Waals surface area (Å²) in [4.78, 5) is 30.7. The van der Waals surface area contributed by atoms with Crippen molar-refractivity contribution in [3.8, 4) is 5.75 Å². The molecule has 1 heterocycles. The molecule has 0 saturated heterocycles. The van der Waals surface area contributed by atoms with Crippen molar-refractivity contribution in [1.29, 1.82) is 0 Å². The smallest absolute Gasteiger partial charge is 0.265 e. The summed E-state index contributed by atoms with van der Waals surface area (Å²) in [6.07, 6.45) is 1.43. The van der Waals surface area contributed by atoms with E-state index in [0.29, 0.717) is 12.2 Å². The SMILES string of the molecule is CC[C@H](C)C(=O)N1c2ccccc2[C@@H](N(C(=O)COc2ccccc2)c2ccccc2)C[C@H]1C. The molecule has 34 heavy (non-hydrogen) atoms. The number of ether oxygens (including phenoxy) is 1. The number of hydrogen-bond donors (Lipinski definition) is 0. The monoisotopic (exact) mass is 456 g/mol. The zero-order valence-electron chi connectivity index (χ0n) is 20.1. The molecule has 0 N–H and O–H groups in total. The number of para-hydroxylation sites is 3. The van der Waals surface area contributed by atoms with Crippen LogP contribution in [0.25, 0.3) is 0 Å². The first-order valence-corrected chi connectivity index (χ1v) is 12.0. The number of hydrogen-bond acceptors (Lipinski definition) is 3. The van der Waals surface area contributed by atoms with Crippen LogP contribution in [0, 0.1) is 5.92 Å². The minimum atomic E-state index is -0.207. The second-order valence-corrected chi connectivity index (χ2v) is 8.88. The molecule has 3 aromatic rings. The van der Waals surface area contributed by atoms with Crippen molar-refractivity contribution < 1.29 is 14.3 Å². The molecule has 0 fully saturated rings. The van der Waals surface area contributed by atoms with Gasteiger partial charge in [0.2, 0.25) is 5.91 Å². The van der Waals surface area contributed by atoms with Crippen molar-refractivity contribution in [3.05, 3.63) is 90.5 Å². The highest BCUT2D eigenvalue weighted by Crippen LogP contribution is 2.42. The predicted octanol–water partition coefficient (Wildman–Crippen LogP) is 6.01. The summed E-state index contributed by atoms with van der Waals surface area (Å²) in [7, 11) is 0. The van der Waals surface area contributed by atoms with Gasteiger partial charge in [-0.2, -0.15) is 0 Å². The van der Waals surface area contributed by atoms with Gasteiger partial charge in [0.15, 0.2) is 6.61 Å². The first-order valence-electron chi connectivity index (χ1n) is 12.0. The summed E-state index contributed by atoms with van der Waals surface area (Å²) in [5.41, 5.74) is 2.68. The van der Waals surface area contributed by atoms with Crippen LogP contribution >= 0.6 is 0 Å². The molecule has 5 heteroatoms. The summed E-state index contributed by atoms with van der Waals surface area (Å²) in [5, 5.41) is 0. The fourth-order valence-corrected chi connectivity index (χ4v) is 4.59. The van der Waals surface area contributed by atoms with Crippen LogP contribution in [0.4, 0.5) is 11.4 Å². The standard InChI is InChI=1S/C29H32N2O3/c1-4-21(2)29(33)30-22(3)19-27(25-17-11-12-18-26(25)30)31(23-13-7-5-8-14-23)28(32)20-34-24-15-9-6-10-16-24/h5-18,21-22,27H,4,19-20H2,1-3H3/t21-,22+,27-/m0/s1. The number of fused-ring (bicyclic) bond motifs is 1. The molecule has 0 spiro atoms. The van der Waals surface area contributed by atoms with E-state index in [1.165, 1.54) is 0 Å². The molecular weight excluding hydrogens is 424 g/mol. The van der Waals surface area contributed by atoms with Gasteiger partial charge in [0.1, 0.15) is 5.75 Å². The molecule has 0 bridgehead atoms. The zero-order valence-corrected chi connectivity index (χ0v) is 20.1. The first-order chi connectivity index (χ1) is 16.5. The van der Waals surface area contributed by atoms with Crippen LogP contribution in [-0.2, 0) is 9.59 Å². The van der Waals surface area contributed by atoms with Crippen molar-refractivity contribution in [2.75, 3.05) is 16.4 Å². The Morgan fingerprint density at radius 3 is 2.26 bits per heavy atom. The summed E-state index contributed by atoms with van der Waals surface area (Å²) >= 11 is 0. The minimum Gasteiger partial charge on any atom is -0.484 e. The second kappa shape index (κ2) is 10.6. The van der Waals surface area contributed by atoms with E-state index in [0.717, 1.165) is 23.4 Å². The predicted molar refractivity (Wildman–Crippen MR) is 136 cm³/mol. The fraction of sp³-hybridized carbons (Fsp3) is 0.310. The molecule has 0 aliphatic carbocycles. The van der Waals surface area contributed by atoms with E-state index < -0.39 is 0 Å².